The maximum absolute atomic E-state index is 13.8. The largest absolute Gasteiger partial charge is 0.455 e. The third-order valence-electron chi connectivity index (χ3n) is 8.58. The lowest BCUT2D eigenvalue weighted by Crippen LogP contribution is -2.43. The zero-order valence-corrected chi connectivity index (χ0v) is 26.9. The number of sulfonamides is 1. The zero-order valence-electron chi connectivity index (χ0n) is 26.1. The van der Waals surface area contributed by atoms with Crippen LogP contribution >= 0.6 is 0 Å². The number of pyridine rings is 1. The lowest BCUT2D eigenvalue weighted by Gasteiger charge is -2.30. The second kappa shape index (κ2) is 11.9. The van der Waals surface area contributed by atoms with Gasteiger partial charge in [-0.05, 0) is 54.6 Å². The van der Waals surface area contributed by atoms with Crippen molar-refractivity contribution in [1.29, 1.82) is 0 Å². The molecule has 1 fully saturated rings. The minimum Gasteiger partial charge on any atom is -0.455 e. The van der Waals surface area contributed by atoms with Crippen LogP contribution in [0.3, 0.4) is 0 Å². The number of H-pyrrole nitrogens is 1. The summed E-state index contributed by atoms with van der Waals surface area (Å²) < 4.78 is 47.2. The van der Waals surface area contributed by atoms with E-state index in [0.29, 0.717) is 39.2 Å². The first-order valence-corrected chi connectivity index (χ1v) is 17.0. The molecule has 3 aromatic carbocycles. The molecule has 47 heavy (non-hydrogen) atoms. The van der Waals surface area contributed by atoms with E-state index >= 15 is 0 Å². The van der Waals surface area contributed by atoms with Crippen molar-refractivity contribution in [3.8, 4) is 34.0 Å². The van der Waals surface area contributed by atoms with Gasteiger partial charge in [0.2, 0.25) is 10.0 Å². The van der Waals surface area contributed by atoms with Gasteiger partial charge in [-0.1, -0.05) is 18.2 Å². The summed E-state index contributed by atoms with van der Waals surface area (Å²) in [6.07, 6.45) is 1.13. The molecule has 0 spiro atoms. The normalized spacial score (nSPS) is 13.7. The molecule has 7 rings (SSSR count). The number of aromatic amines is 1. The lowest BCUT2D eigenvalue weighted by atomic mass is 10.00. The van der Waals surface area contributed by atoms with Crippen molar-refractivity contribution in [3.63, 3.8) is 0 Å². The number of para-hydroxylation sites is 1. The van der Waals surface area contributed by atoms with Gasteiger partial charge in [-0.15, -0.1) is 0 Å². The maximum Gasteiger partial charge on any atom is 0.255 e. The molecule has 1 saturated heterocycles. The molecular weight excluding hydrogens is 619 g/mol. The van der Waals surface area contributed by atoms with E-state index in [1.165, 1.54) is 42.7 Å². The van der Waals surface area contributed by atoms with Crippen LogP contribution < -0.4 is 19.8 Å². The fraction of sp³-hybridized carbons (Fsp3) is 0.200. The Hall–Kier alpha value is -5.20. The summed E-state index contributed by atoms with van der Waals surface area (Å²) in [5.74, 6) is -0.586. The maximum atomic E-state index is 13.8. The van der Waals surface area contributed by atoms with E-state index in [9.17, 15) is 17.6 Å². The molecule has 4 heterocycles. The summed E-state index contributed by atoms with van der Waals surface area (Å²) in [6.45, 7) is 3.22. The molecule has 10 nitrogen and oxygen atoms in total. The van der Waals surface area contributed by atoms with Gasteiger partial charge in [-0.3, -0.25) is 9.10 Å². The van der Waals surface area contributed by atoms with Crippen molar-refractivity contribution in [3.05, 3.63) is 90.2 Å². The smallest absolute Gasteiger partial charge is 0.255 e. The molecular formula is C35H33FN6O4S. The zero-order chi connectivity index (χ0) is 32.9. The van der Waals surface area contributed by atoms with Crippen LogP contribution in [0.15, 0.2) is 83.3 Å². The van der Waals surface area contributed by atoms with E-state index in [2.05, 4.69) is 20.5 Å². The number of nitrogens with one attached hydrogen (secondary N) is 3. The molecule has 0 radical (unpaired) electrons. The Bertz CT molecular complexity index is 2220. The van der Waals surface area contributed by atoms with Crippen LogP contribution in [0, 0.1) is 5.82 Å². The van der Waals surface area contributed by atoms with Gasteiger partial charge >= 0.3 is 0 Å². The molecule has 12 heteroatoms. The molecule has 3 N–H and O–H groups in total. The molecule has 240 valence electrons. The van der Waals surface area contributed by atoms with E-state index in [1.807, 2.05) is 42.5 Å². The number of furan rings is 1. The number of halogens is 1. The number of aromatic nitrogens is 2. The van der Waals surface area contributed by atoms with Gasteiger partial charge in [-0.2, -0.15) is 0 Å². The summed E-state index contributed by atoms with van der Waals surface area (Å²) in [5, 5.41) is 7.58. The highest BCUT2D eigenvalue weighted by molar-refractivity contribution is 7.92. The average Bonchev–Trinajstić information content (AvgIpc) is 3.69. The van der Waals surface area contributed by atoms with Crippen LogP contribution in [0.5, 0.6) is 0 Å². The highest BCUT2D eigenvalue weighted by Crippen LogP contribution is 2.42. The predicted octanol–water partition coefficient (Wildman–Crippen LogP) is 5.61. The van der Waals surface area contributed by atoms with Gasteiger partial charge in [0.25, 0.3) is 5.91 Å². The minimum absolute atomic E-state index is 0.241. The number of nitrogens with zero attached hydrogens (tertiary/aromatic N) is 3. The van der Waals surface area contributed by atoms with E-state index < -0.39 is 21.7 Å². The van der Waals surface area contributed by atoms with Gasteiger partial charge in [0, 0.05) is 79.4 Å². The highest BCUT2D eigenvalue weighted by Gasteiger charge is 2.27. The first-order chi connectivity index (χ1) is 22.6. The quantitative estimate of drug-likeness (QED) is 0.205. The molecule has 0 aliphatic carbocycles. The van der Waals surface area contributed by atoms with Crippen LogP contribution in [-0.4, -0.2) is 70.8 Å². The molecule has 1 aliphatic rings. The summed E-state index contributed by atoms with van der Waals surface area (Å²) >= 11 is 0. The summed E-state index contributed by atoms with van der Waals surface area (Å²) in [4.78, 5) is 24.2. The number of fused-ring (bicyclic) bond motifs is 2. The minimum atomic E-state index is -3.73. The Balaban J connectivity index is 1.51. The third-order valence-corrected chi connectivity index (χ3v) is 9.77. The highest BCUT2D eigenvalue weighted by atomic mass is 32.2. The van der Waals surface area contributed by atoms with Crippen LogP contribution in [0.25, 0.3) is 55.8 Å². The fourth-order valence-electron chi connectivity index (χ4n) is 6.04. The van der Waals surface area contributed by atoms with Crippen molar-refractivity contribution in [2.45, 2.75) is 0 Å². The van der Waals surface area contributed by atoms with Crippen molar-refractivity contribution >= 4 is 49.2 Å². The molecule has 6 aromatic rings. The molecule has 0 unspecified atom stereocenters. The van der Waals surface area contributed by atoms with Crippen LogP contribution in [0.4, 0.5) is 15.8 Å². The second-order valence-electron chi connectivity index (χ2n) is 11.6. The van der Waals surface area contributed by atoms with Crippen LogP contribution in [-0.2, 0) is 10.0 Å². The van der Waals surface area contributed by atoms with Crippen molar-refractivity contribution < 1.29 is 22.0 Å². The number of carbonyl (C=O) groups excluding carboxylic acids is 1. The number of rotatable bonds is 7. The number of carbonyl (C=O) groups is 1. The van der Waals surface area contributed by atoms with Crippen molar-refractivity contribution in [2.24, 2.45) is 0 Å². The summed E-state index contributed by atoms with van der Waals surface area (Å²) in [7, 11) is -0.733. The van der Waals surface area contributed by atoms with E-state index in [-0.39, 0.29) is 11.3 Å². The number of benzene rings is 3. The van der Waals surface area contributed by atoms with Crippen molar-refractivity contribution in [1.82, 2.24) is 20.6 Å². The summed E-state index contributed by atoms with van der Waals surface area (Å²) in [5.41, 5.74) is 5.80. The Morgan fingerprint density at radius 2 is 1.72 bits per heavy atom. The second-order valence-corrected chi connectivity index (χ2v) is 13.6. The van der Waals surface area contributed by atoms with E-state index in [4.69, 9.17) is 9.40 Å². The molecule has 0 bridgehead atoms. The van der Waals surface area contributed by atoms with Gasteiger partial charge in [0.15, 0.2) is 0 Å². The van der Waals surface area contributed by atoms with E-state index in [1.54, 1.807) is 12.1 Å². The average molecular weight is 653 g/mol. The Kier molecular flexibility index (Phi) is 7.69. The number of piperazine rings is 1. The third kappa shape index (κ3) is 5.70. The Morgan fingerprint density at radius 1 is 1.00 bits per heavy atom. The van der Waals surface area contributed by atoms with Gasteiger partial charge in [-0.25, -0.2) is 17.8 Å². The number of amides is 1. The standard InChI is InChI=1S/C35H33FN6O4S/c1-37-35(43)33-26-19-25(31(41(2)47(3,44)45)20-32(26)46-34(33)21-8-10-23(36)11-9-21)28-17-24(42-14-12-38-13-15-42)18-30(40-28)29-16-22-6-4-5-7-27(22)39-29/h4-11,16-20,38-39H,12-15H2,1-3H3,(H,37,43). The van der Waals surface area contributed by atoms with Crippen molar-refractivity contribution in [2.75, 3.05) is 55.7 Å². The van der Waals surface area contributed by atoms with Crippen LogP contribution in [0.2, 0.25) is 0 Å². The Labute approximate surface area is 271 Å². The molecule has 0 atom stereocenters. The molecule has 0 saturated carbocycles. The van der Waals surface area contributed by atoms with Crippen LogP contribution in [0.1, 0.15) is 10.4 Å². The van der Waals surface area contributed by atoms with Gasteiger partial charge < -0.3 is 24.9 Å². The number of anilines is 2. The molecule has 3 aromatic heterocycles. The van der Waals surface area contributed by atoms with Gasteiger partial charge in [0.05, 0.1) is 34.6 Å². The first kappa shape index (κ1) is 30.5. The summed E-state index contributed by atoms with van der Waals surface area (Å²) in [6, 6.07) is 23.1. The predicted molar refractivity (Wildman–Crippen MR) is 184 cm³/mol. The van der Waals surface area contributed by atoms with E-state index in [0.717, 1.165) is 54.7 Å². The first-order valence-electron chi connectivity index (χ1n) is 15.2. The van der Waals surface area contributed by atoms with Gasteiger partial charge in [0.1, 0.15) is 17.2 Å². The topological polar surface area (TPSA) is 124 Å². The fourth-order valence-corrected chi connectivity index (χ4v) is 6.55. The molecule has 1 aliphatic heterocycles. The lowest BCUT2D eigenvalue weighted by molar-refractivity contribution is 0.0964. The number of hydrogen-bond acceptors (Lipinski definition) is 7. The molecule has 1 amide bonds. The SMILES string of the molecule is CNC(=O)c1c(-c2ccc(F)cc2)oc2cc(N(C)S(C)(=O)=O)c(-c3cc(N4CCNCC4)cc(-c4cc5ccccc5[nH]4)n3)cc12. The Morgan fingerprint density at radius 3 is 2.43 bits per heavy atom. The monoisotopic (exact) mass is 652 g/mol. The number of hydrogen-bond donors (Lipinski definition) is 3.